The fourth-order valence-electron chi connectivity index (χ4n) is 0.754. The molecule has 72 valence electrons. The Labute approximate surface area is 76.7 Å². The second kappa shape index (κ2) is 3.57. The fraction of sp³-hybridized carbons (Fsp3) is 0.500. The molecule has 1 amide bonds. The summed E-state index contributed by atoms with van der Waals surface area (Å²) in [7, 11) is 0. The number of nitrogens with zero attached hydrogens (tertiary/aromatic N) is 1. The molecule has 0 aliphatic heterocycles. The standard InChI is InChI=1S/C8H14N4O/c1-3-8(2,9)7(13)12-6-4-10-11-5-6/h4-5H,3,9H2,1-2H3,(H,10,11)(H,12,13). The van der Waals surface area contributed by atoms with Crippen LogP contribution in [0.5, 0.6) is 0 Å². The quantitative estimate of drug-likeness (QED) is 0.635. The van der Waals surface area contributed by atoms with E-state index in [1.807, 2.05) is 6.92 Å². The molecule has 0 saturated carbocycles. The van der Waals surface area contributed by atoms with Gasteiger partial charge in [-0.3, -0.25) is 9.89 Å². The van der Waals surface area contributed by atoms with E-state index in [0.717, 1.165) is 0 Å². The SMILES string of the molecule is CCC(C)(N)C(=O)Nc1cn[nH]c1. The minimum atomic E-state index is -0.822. The highest BCUT2D eigenvalue weighted by atomic mass is 16.2. The van der Waals surface area contributed by atoms with Gasteiger partial charge in [-0.25, -0.2) is 0 Å². The second-order valence-corrected chi connectivity index (χ2v) is 3.21. The van der Waals surface area contributed by atoms with Crippen molar-refractivity contribution >= 4 is 11.6 Å². The van der Waals surface area contributed by atoms with Gasteiger partial charge in [-0.05, 0) is 13.3 Å². The van der Waals surface area contributed by atoms with Gasteiger partial charge in [0.05, 0.1) is 17.4 Å². The number of anilines is 1. The first kappa shape index (κ1) is 9.73. The largest absolute Gasteiger partial charge is 0.322 e. The van der Waals surface area contributed by atoms with Crippen molar-refractivity contribution in [2.45, 2.75) is 25.8 Å². The first-order chi connectivity index (χ1) is 6.06. The van der Waals surface area contributed by atoms with Gasteiger partial charge in [0.15, 0.2) is 0 Å². The van der Waals surface area contributed by atoms with E-state index >= 15 is 0 Å². The average molecular weight is 182 g/mol. The average Bonchev–Trinajstić information content (AvgIpc) is 2.57. The molecule has 1 aromatic heterocycles. The minimum absolute atomic E-state index is 0.198. The molecule has 0 aliphatic rings. The maximum absolute atomic E-state index is 11.5. The van der Waals surface area contributed by atoms with E-state index in [-0.39, 0.29) is 5.91 Å². The van der Waals surface area contributed by atoms with Crippen molar-refractivity contribution in [2.75, 3.05) is 5.32 Å². The number of amides is 1. The Bertz CT molecular complexity index is 278. The number of aromatic amines is 1. The zero-order valence-corrected chi connectivity index (χ0v) is 7.79. The Morgan fingerprint density at radius 3 is 3.00 bits per heavy atom. The highest BCUT2D eigenvalue weighted by Gasteiger charge is 2.25. The van der Waals surface area contributed by atoms with Crippen molar-refractivity contribution in [2.24, 2.45) is 5.73 Å². The number of nitrogens with two attached hydrogens (primary N) is 1. The molecule has 0 aromatic carbocycles. The van der Waals surface area contributed by atoms with E-state index in [1.54, 1.807) is 13.1 Å². The molecule has 0 bridgehead atoms. The van der Waals surface area contributed by atoms with Crippen LogP contribution in [-0.2, 0) is 4.79 Å². The lowest BCUT2D eigenvalue weighted by molar-refractivity contribution is -0.120. The van der Waals surface area contributed by atoms with Crippen molar-refractivity contribution in [3.8, 4) is 0 Å². The van der Waals surface area contributed by atoms with Crippen molar-refractivity contribution in [1.29, 1.82) is 0 Å². The van der Waals surface area contributed by atoms with Gasteiger partial charge in [0.25, 0.3) is 0 Å². The molecule has 1 heterocycles. The lowest BCUT2D eigenvalue weighted by atomic mass is 10.00. The molecule has 4 N–H and O–H groups in total. The summed E-state index contributed by atoms with van der Waals surface area (Å²) in [5, 5.41) is 8.96. The summed E-state index contributed by atoms with van der Waals surface area (Å²) in [5.41, 5.74) is 5.55. The van der Waals surface area contributed by atoms with E-state index < -0.39 is 5.54 Å². The van der Waals surface area contributed by atoms with E-state index in [4.69, 9.17) is 5.73 Å². The molecule has 5 nitrogen and oxygen atoms in total. The number of carbonyl (C=O) groups is 1. The third-order valence-electron chi connectivity index (χ3n) is 2.01. The molecular weight excluding hydrogens is 168 g/mol. The lowest BCUT2D eigenvalue weighted by Crippen LogP contribution is -2.47. The van der Waals surface area contributed by atoms with E-state index in [0.29, 0.717) is 12.1 Å². The molecule has 0 spiro atoms. The first-order valence-electron chi connectivity index (χ1n) is 4.15. The summed E-state index contributed by atoms with van der Waals surface area (Å²) in [6.45, 7) is 3.57. The number of H-pyrrole nitrogens is 1. The van der Waals surface area contributed by atoms with E-state index in [1.165, 1.54) is 6.20 Å². The molecule has 13 heavy (non-hydrogen) atoms. The monoisotopic (exact) mass is 182 g/mol. The summed E-state index contributed by atoms with van der Waals surface area (Å²) < 4.78 is 0. The van der Waals surface area contributed by atoms with Crippen molar-refractivity contribution in [1.82, 2.24) is 10.2 Å². The van der Waals surface area contributed by atoms with Crippen LogP contribution in [-0.4, -0.2) is 21.6 Å². The molecule has 5 heteroatoms. The van der Waals surface area contributed by atoms with Gasteiger partial charge >= 0.3 is 0 Å². The molecule has 0 aliphatic carbocycles. The van der Waals surface area contributed by atoms with Gasteiger partial charge in [0.2, 0.25) is 5.91 Å². The minimum Gasteiger partial charge on any atom is -0.322 e. The molecule has 0 fully saturated rings. The normalized spacial score (nSPS) is 15.0. The molecule has 1 aromatic rings. The van der Waals surface area contributed by atoms with Gasteiger partial charge in [-0.15, -0.1) is 0 Å². The van der Waals surface area contributed by atoms with Crippen LogP contribution in [0.1, 0.15) is 20.3 Å². The Morgan fingerprint density at radius 1 is 1.85 bits per heavy atom. The Kier molecular flexibility index (Phi) is 2.67. The smallest absolute Gasteiger partial charge is 0.244 e. The Hall–Kier alpha value is -1.36. The zero-order chi connectivity index (χ0) is 9.90. The number of hydrogen-bond acceptors (Lipinski definition) is 3. The van der Waals surface area contributed by atoms with Crippen molar-refractivity contribution in [3.63, 3.8) is 0 Å². The van der Waals surface area contributed by atoms with Crippen LogP contribution in [0.3, 0.4) is 0 Å². The predicted molar refractivity (Wildman–Crippen MR) is 50.1 cm³/mol. The van der Waals surface area contributed by atoms with Crippen LogP contribution < -0.4 is 11.1 Å². The number of aromatic nitrogens is 2. The van der Waals surface area contributed by atoms with Crippen LogP contribution in [0.4, 0.5) is 5.69 Å². The van der Waals surface area contributed by atoms with Crippen LogP contribution in [0.15, 0.2) is 12.4 Å². The summed E-state index contributed by atoms with van der Waals surface area (Å²) in [6.07, 6.45) is 3.73. The summed E-state index contributed by atoms with van der Waals surface area (Å²) in [5.74, 6) is -0.198. The Balaban J connectivity index is 2.61. The molecule has 1 unspecified atom stereocenters. The van der Waals surface area contributed by atoms with Gasteiger partial charge in [0.1, 0.15) is 0 Å². The van der Waals surface area contributed by atoms with Gasteiger partial charge < -0.3 is 11.1 Å². The molecular formula is C8H14N4O. The van der Waals surface area contributed by atoms with Crippen molar-refractivity contribution < 1.29 is 4.79 Å². The molecule has 1 rings (SSSR count). The molecule has 0 saturated heterocycles. The fourth-order valence-corrected chi connectivity index (χ4v) is 0.754. The van der Waals surface area contributed by atoms with Crippen molar-refractivity contribution in [3.05, 3.63) is 12.4 Å². The highest BCUT2D eigenvalue weighted by molar-refractivity contribution is 5.97. The lowest BCUT2D eigenvalue weighted by Gasteiger charge is -2.20. The topological polar surface area (TPSA) is 83.8 Å². The molecule has 1 atom stereocenters. The van der Waals surface area contributed by atoms with Crippen LogP contribution in [0, 0.1) is 0 Å². The van der Waals surface area contributed by atoms with Crippen LogP contribution in [0.2, 0.25) is 0 Å². The maximum Gasteiger partial charge on any atom is 0.244 e. The van der Waals surface area contributed by atoms with E-state index in [9.17, 15) is 4.79 Å². The second-order valence-electron chi connectivity index (χ2n) is 3.21. The third kappa shape index (κ3) is 2.29. The summed E-state index contributed by atoms with van der Waals surface area (Å²) in [4.78, 5) is 11.5. The first-order valence-corrected chi connectivity index (χ1v) is 4.15. The highest BCUT2D eigenvalue weighted by Crippen LogP contribution is 2.09. The Morgan fingerprint density at radius 2 is 2.54 bits per heavy atom. The third-order valence-corrected chi connectivity index (χ3v) is 2.01. The van der Waals surface area contributed by atoms with Gasteiger partial charge in [-0.2, -0.15) is 5.10 Å². The molecule has 0 radical (unpaired) electrons. The van der Waals surface area contributed by atoms with E-state index in [2.05, 4.69) is 15.5 Å². The maximum atomic E-state index is 11.5. The van der Waals surface area contributed by atoms with Crippen LogP contribution in [0.25, 0.3) is 0 Å². The zero-order valence-electron chi connectivity index (χ0n) is 7.79. The summed E-state index contributed by atoms with van der Waals surface area (Å²) in [6, 6.07) is 0. The van der Waals surface area contributed by atoms with Gasteiger partial charge in [-0.1, -0.05) is 6.92 Å². The predicted octanol–water partition coefficient (Wildman–Crippen LogP) is 0.476. The van der Waals surface area contributed by atoms with Gasteiger partial charge in [0, 0.05) is 6.20 Å². The number of nitrogens with one attached hydrogen (secondary N) is 2. The summed E-state index contributed by atoms with van der Waals surface area (Å²) >= 11 is 0. The number of hydrogen-bond donors (Lipinski definition) is 3. The number of carbonyl (C=O) groups excluding carboxylic acids is 1. The number of rotatable bonds is 3. The van der Waals surface area contributed by atoms with Crippen LogP contribution >= 0.6 is 0 Å².